The molecule has 60 valence electrons. The Morgan fingerprint density at radius 2 is 2.30 bits per heavy atom. The van der Waals surface area contributed by atoms with Gasteiger partial charge in [-0.15, -0.1) is 0 Å². The zero-order valence-electron chi connectivity index (χ0n) is 6.07. The molecule has 0 amide bonds. The van der Waals surface area contributed by atoms with E-state index in [4.69, 9.17) is 27.9 Å². The van der Waals surface area contributed by atoms with Crippen LogP contribution in [0, 0.1) is 5.92 Å². The zero-order chi connectivity index (χ0) is 7.61. The SMILES string of the molecule is CCC[C@H]1COCC1(Cl)Cl. The number of alkyl halides is 2. The molecular formula is C7H12Cl2O. The highest BCUT2D eigenvalue weighted by atomic mass is 35.5. The maximum Gasteiger partial charge on any atom is 0.146 e. The van der Waals surface area contributed by atoms with E-state index in [-0.39, 0.29) is 0 Å². The summed E-state index contributed by atoms with van der Waals surface area (Å²) < 4.78 is 4.55. The first-order valence-electron chi connectivity index (χ1n) is 3.62. The third kappa shape index (κ3) is 1.77. The van der Waals surface area contributed by atoms with Crippen molar-refractivity contribution in [2.24, 2.45) is 5.92 Å². The molecule has 1 heterocycles. The van der Waals surface area contributed by atoms with Gasteiger partial charge in [0.1, 0.15) is 4.33 Å². The van der Waals surface area contributed by atoms with Gasteiger partial charge in [0.2, 0.25) is 0 Å². The average molecular weight is 183 g/mol. The smallest absolute Gasteiger partial charge is 0.146 e. The second-order valence-electron chi connectivity index (χ2n) is 2.76. The summed E-state index contributed by atoms with van der Waals surface area (Å²) in [5, 5.41) is 0. The van der Waals surface area contributed by atoms with Crippen molar-refractivity contribution in [1.29, 1.82) is 0 Å². The molecule has 1 saturated heterocycles. The largest absolute Gasteiger partial charge is 0.378 e. The van der Waals surface area contributed by atoms with Gasteiger partial charge in [-0.05, 0) is 6.42 Å². The van der Waals surface area contributed by atoms with Crippen LogP contribution in [0.25, 0.3) is 0 Å². The quantitative estimate of drug-likeness (QED) is 0.598. The third-order valence-electron chi connectivity index (χ3n) is 1.85. The van der Waals surface area contributed by atoms with Crippen molar-refractivity contribution in [3.05, 3.63) is 0 Å². The predicted octanol–water partition coefficient (Wildman–Crippen LogP) is 2.61. The third-order valence-corrected chi connectivity index (χ3v) is 2.68. The lowest BCUT2D eigenvalue weighted by molar-refractivity contribution is 0.183. The van der Waals surface area contributed by atoms with Crippen LogP contribution in [-0.2, 0) is 4.74 Å². The second kappa shape index (κ2) is 3.29. The summed E-state index contributed by atoms with van der Waals surface area (Å²) in [6.45, 7) is 3.34. The van der Waals surface area contributed by atoms with Crippen LogP contribution < -0.4 is 0 Å². The number of hydrogen-bond acceptors (Lipinski definition) is 1. The molecule has 10 heavy (non-hydrogen) atoms. The molecule has 1 aliphatic heterocycles. The highest BCUT2D eigenvalue weighted by molar-refractivity contribution is 6.48. The van der Waals surface area contributed by atoms with E-state index in [0.29, 0.717) is 12.5 Å². The van der Waals surface area contributed by atoms with Crippen LogP contribution in [0.3, 0.4) is 0 Å². The fourth-order valence-corrected chi connectivity index (χ4v) is 1.72. The molecule has 0 spiro atoms. The van der Waals surface area contributed by atoms with Crippen molar-refractivity contribution in [2.75, 3.05) is 13.2 Å². The van der Waals surface area contributed by atoms with Gasteiger partial charge in [-0.3, -0.25) is 0 Å². The van der Waals surface area contributed by atoms with Crippen LogP contribution in [-0.4, -0.2) is 17.5 Å². The first-order chi connectivity index (χ1) is 4.67. The number of hydrogen-bond donors (Lipinski definition) is 0. The van der Waals surface area contributed by atoms with E-state index in [1.54, 1.807) is 0 Å². The van der Waals surface area contributed by atoms with Crippen molar-refractivity contribution >= 4 is 23.2 Å². The summed E-state index contributed by atoms with van der Waals surface area (Å²) in [7, 11) is 0. The molecule has 1 atom stereocenters. The van der Waals surface area contributed by atoms with E-state index < -0.39 is 4.33 Å². The van der Waals surface area contributed by atoms with Gasteiger partial charge in [-0.25, -0.2) is 0 Å². The maximum absolute atomic E-state index is 5.95. The molecule has 0 N–H and O–H groups in total. The number of halogens is 2. The molecular weight excluding hydrogens is 171 g/mol. The molecule has 0 aliphatic carbocycles. The van der Waals surface area contributed by atoms with E-state index in [1.165, 1.54) is 0 Å². The molecule has 0 aromatic heterocycles. The van der Waals surface area contributed by atoms with Crippen molar-refractivity contribution in [3.8, 4) is 0 Å². The Kier molecular flexibility index (Phi) is 2.84. The molecule has 1 nitrogen and oxygen atoms in total. The van der Waals surface area contributed by atoms with Gasteiger partial charge in [0, 0.05) is 5.92 Å². The number of ether oxygens (including phenoxy) is 1. The Morgan fingerprint density at radius 1 is 1.60 bits per heavy atom. The Bertz CT molecular complexity index is 114. The topological polar surface area (TPSA) is 9.23 Å². The molecule has 0 unspecified atom stereocenters. The van der Waals surface area contributed by atoms with Crippen molar-refractivity contribution in [1.82, 2.24) is 0 Å². The van der Waals surface area contributed by atoms with Gasteiger partial charge >= 0.3 is 0 Å². The molecule has 1 aliphatic rings. The summed E-state index contributed by atoms with van der Waals surface area (Å²) in [6.07, 6.45) is 2.18. The summed E-state index contributed by atoms with van der Waals surface area (Å²) in [6, 6.07) is 0. The fourth-order valence-electron chi connectivity index (χ4n) is 1.22. The summed E-state index contributed by atoms with van der Waals surface area (Å²) in [4.78, 5) is 0. The van der Waals surface area contributed by atoms with Gasteiger partial charge in [-0.1, -0.05) is 36.5 Å². The summed E-state index contributed by atoms with van der Waals surface area (Å²) in [5.74, 6) is 0.334. The van der Waals surface area contributed by atoms with Crippen LogP contribution in [0.15, 0.2) is 0 Å². The normalized spacial score (nSPS) is 30.9. The standard InChI is InChI=1S/C7H12Cl2O/c1-2-3-6-4-10-5-7(6,8)9/h6H,2-5H2,1H3/t6-/m0/s1. The van der Waals surface area contributed by atoms with Crippen LogP contribution in [0.4, 0.5) is 0 Å². The van der Waals surface area contributed by atoms with Crippen molar-refractivity contribution < 1.29 is 4.74 Å². The van der Waals surface area contributed by atoms with E-state index in [0.717, 1.165) is 19.4 Å². The molecule has 0 aromatic carbocycles. The van der Waals surface area contributed by atoms with E-state index in [1.807, 2.05) is 0 Å². The van der Waals surface area contributed by atoms with Crippen molar-refractivity contribution in [2.45, 2.75) is 24.1 Å². The predicted molar refractivity (Wildman–Crippen MR) is 43.7 cm³/mol. The van der Waals surface area contributed by atoms with Crippen LogP contribution in [0.2, 0.25) is 0 Å². The second-order valence-corrected chi connectivity index (χ2v) is 4.30. The summed E-state index contributed by atoms with van der Waals surface area (Å²) in [5.41, 5.74) is 0. The Balaban J connectivity index is 2.43. The molecule has 3 heteroatoms. The molecule has 0 aromatic rings. The van der Waals surface area contributed by atoms with Crippen LogP contribution >= 0.6 is 23.2 Å². The Labute approximate surface area is 71.6 Å². The van der Waals surface area contributed by atoms with E-state index >= 15 is 0 Å². The molecule has 0 bridgehead atoms. The van der Waals surface area contributed by atoms with Crippen LogP contribution in [0.1, 0.15) is 19.8 Å². The minimum absolute atomic E-state index is 0.334. The van der Waals surface area contributed by atoms with Gasteiger partial charge in [0.15, 0.2) is 0 Å². The average Bonchev–Trinajstić information content (AvgIpc) is 2.13. The van der Waals surface area contributed by atoms with Crippen molar-refractivity contribution in [3.63, 3.8) is 0 Å². The Hall–Kier alpha value is 0.540. The molecule has 1 rings (SSSR count). The lowest BCUT2D eigenvalue weighted by Crippen LogP contribution is -2.23. The van der Waals surface area contributed by atoms with Gasteiger partial charge in [-0.2, -0.15) is 0 Å². The minimum atomic E-state index is -0.615. The monoisotopic (exact) mass is 182 g/mol. The van der Waals surface area contributed by atoms with Gasteiger partial charge in [0.05, 0.1) is 13.2 Å². The Morgan fingerprint density at radius 3 is 2.70 bits per heavy atom. The lowest BCUT2D eigenvalue weighted by atomic mass is 10.0. The zero-order valence-corrected chi connectivity index (χ0v) is 7.58. The summed E-state index contributed by atoms with van der Waals surface area (Å²) >= 11 is 11.9. The molecule has 0 saturated carbocycles. The first kappa shape index (κ1) is 8.63. The van der Waals surface area contributed by atoms with Gasteiger partial charge < -0.3 is 4.74 Å². The molecule has 0 radical (unpaired) electrons. The number of rotatable bonds is 2. The lowest BCUT2D eigenvalue weighted by Gasteiger charge is -2.18. The van der Waals surface area contributed by atoms with E-state index in [2.05, 4.69) is 6.92 Å². The first-order valence-corrected chi connectivity index (χ1v) is 4.38. The highest BCUT2D eigenvalue weighted by Gasteiger charge is 2.39. The van der Waals surface area contributed by atoms with E-state index in [9.17, 15) is 0 Å². The van der Waals surface area contributed by atoms with Crippen LogP contribution in [0.5, 0.6) is 0 Å². The molecule has 1 fully saturated rings. The fraction of sp³-hybridized carbons (Fsp3) is 1.00. The minimum Gasteiger partial charge on any atom is -0.378 e. The van der Waals surface area contributed by atoms with Gasteiger partial charge in [0.25, 0.3) is 0 Å². The maximum atomic E-state index is 5.95. The highest BCUT2D eigenvalue weighted by Crippen LogP contribution is 2.38.